The van der Waals surface area contributed by atoms with Crippen LogP contribution in [0.15, 0.2) is 89.4 Å². The fourth-order valence-electron chi connectivity index (χ4n) is 5.20. The van der Waals surface area contributed by atoms with Crippen molar-refractivity contribution in [3.63, 3.8) is 0 Å². The Bertz CT molecular complexity index is 1730. The van der Waals surface area contributed by atoms with Crippen LogP contribution in [-0.2, 0) is 6.42 Å². The molecule has 33 heavy (non-hydrogen) atoms. The summed E-state index contributed by atoms with van der Waals surface area (Å²) in [6.45, 7) is 0. The van der Waals surface area contributed by atoms with E-state index in [0.29, 0.717) is 0 Å². The molecule has 6 aromatic rings. The molecule has 0 saturated carbocycles. The van der Waals surface area contributed by atoms with E-state index >= 15 is 0 Å². The Balaban J connectivity index is 1.51. The van der Waals surface area contributed by atoms with Crippen molar-refractivity contribution >= 4 is 71.1 Å². The van der Waals surface area contributed by atoms with Crippen molar-refractivity contribution in [2.75, 3.05) is 0 Å². The Morgan fingerprint density at radius 1 is 0.697 bits per heavy atom. The van der Waals surface area contributed by atoms with E-state index in [1.165, 1.54) is 56.9 Å². The van der Waals surface area contributed by atoms with Crippen LogP contribution in [0.4, 0.5) is 0 Å². The van der Waals surface area contributed by atoms with Gasteiger partial charge in [0.05, 0.1) is 0 Å². The summed E-state index contributed by atoms with van der Waals surface area (Å²) in [5, 5.41) is 3.97. The largest absolute Gasteiger partial charge is 0.456 e. The first-order chi connectivity index (χ1) is 16.3. The quantitative estimate of drug-likeness (QED) is 0.194. The van der Waals surface area contributed by atoms with Gasteiger partial charge >= 0.3 is 0 Å². The number of aryl methyl sites for hydroxylation is 1. The fraction of sp³-hybridized carbons (Fsp3) is 0.0667. The van der Waals surface area contributed by atoms with E-state index in [0.717, 1.165) is 24.2 Å². The van der Waals surface area contributed by atoms with Gasteiger partial charge in [-0.05, 0) is 82.0 Å². The zero-order valence-electron chi connectivity index (χ0n) is 17.8. The molecule has 0 aliphatic heterocycles. The number of furan rings is 1. The third kappa shape index (κ3) is 2.95. The van der Waals surface area contributed by atoms with Crippen LogP contribution in [0, 0.1) is 3.57 Å². The number of rotatable bonds is 2. The molecule has 7 rings (SSSR count). The summed E-state index contributed by atoms with van der Waals surface area (Å²) in [7, 11) is 0. The lowest BCUT2D eigenvalue weighted by atomic mass is 9.92. The van der Waals surface area contributed by atoms with Gasteiger partial charge in [-0.2, -0.15) is 0 Å². The first-order valence-corrected chi connectivity index (χ1v) is 13.1. The fourth-order valence-corrected chi connectivity index (χ4v) is 7.28. The van der Waals surface area contributed by atoms with Crippen LogP contribution in [0.25, 0.3) is 59.5 Å². The van der Waals surface area contributed by atoms with E-state index in [9.17, 15) is 0 Å². The van der Waals surface area contributed by atoms with E-state index in [1.807, 2.05) is 11.3 Å². The van der Waals surface area contributed by atoms with E-state index in [4.69, 9.17) is 4.42 Å². The smallest absolute Gasteiger partial charge is 0.135 e. The minimum absolute atomic E-state index is 0.983. The minimum atomic E-state index is 0.983. The zero-order chi connectivity index (χ0) is 21.9. The maximum atomic E-state index is 6.21. The second-order valence-electron chi connectivity index (χ2n) is 8.51. The number of halogens is 1. The highest BCUT2D eigenvalue weighted by molar-refractivity contribution is 14.1. The Hall–Kier alpha value is -2.89. The lowest BCUT2D eigenvalue weighted by molar-refractivity contribution is 0.595. The molecule has 0 bridgehead atoms. The Morgan fingerprint density at radius 3 is 2.27 bits per heavy atom. The van der Waals surface area contributed by atoms with Gasteiger partial charge in [-0.15, -0.1) is 11.3 Å². The lowest BCUT2D eigenvalue weighted by Gasteiger charge is -2.14. The van der Waals surface area contributed by atoms with Crippen molar-refractivity contribution in [2.45, 2.75) is 12.8 Å². The molecule has 0 spiro atoms. The summed E-state index contributed by atoms with van der Waals surface area (Å²) in [5.74, 6) is 1.02. The van der Waals surface area contributed by atoms with Crippen LogP contribution in [0.3, 0.4) is 0 Å². The molecule has 1 nitrogen and oxygen atoms in total. The highest BCUT2D eigenvalue weighted by atomic mass is 127. The monoisotopic (exact) mass is 554 g/mol. The molecule has 2 aromatic heterocycles. The van der Waals surface area contributed by atoms with Crippen LogP contribution >= 0.6 is 33.9 Å². The normalized spacial score (nSPS) is 13.2. The predicted octanol–water partition coefficient (Wildman–Crippen LogP) is 9.70. The van der Waals surface area contributed by atoms with Gasteiger partial charge in [0.2, 0.25) is 0 Å². The van der Waals surface area contributed by atoms with E-state index in [1.54, 1.807) is 0 Å². The number of thiophene rings is 1. The van der Waals surface area contributed by atoms with Crippen molar-refractivity contribution in [3.05, 3.63) is 99.8 Å². The van der Waals surface area contributed by atoms with Gasteiger partial charge < -0.3 is 4.42 Å². The zero-order valence-corrected chi connectivity index (χ0v) is 20.7. The highest BCUT2D eigenvalue weighted by Crippen LogP contribution is 2.44. The minimum Gasteiger partial charge on any atom is -0.456 e. The standard InChI is InChI=1S/C30H19IOS/c31-30-20(18-10-6-15-25-28(18)22-8-1-3-14-24(22)32-25)12-5-13-21(30)19-11-7-17-27-29(19)23-9-2-4-16-26(23)33-27/h2-7,9-17H,1,8H2. The van der Waals surface area contributed by atoms with Gasteiger partial charge in [0.15, 0.2) is 0 Å². The van der Waals surface area contributed by atoms with Gasteiger partial charge in [-0.1, -0.05) is 66.7 Å². The highest BCUT2D eigenvalue weighted by Gasteiger charge is 2.21. The molecule has 3 heteroatoms. The molecule has 0 atom stereocenters. The second kappa shape index (κ2) is 7.57. The molecule has 2 heterocycles. The van der Waals surface area contributed by atoms with E-state index in [-0.39, 0.29) is 0 Å². The Labute approximate surface area is 209 Å². The summed E-state index contributed by atoms with van der Waals surface area (Å²) in [5.41, 5.74) is 7.46. The van der Waals surface area contributed by atoms with E-state index in [2.05, 4.69) is 114 Å². The van der Waals surface area contributed by atoms with Crippen LogP contribution in [0.5, 0.6) is 0 Å². The van der Waals surface area contributed by atoms with Crippen LogP contribution in [-0.4, -0.2) is 0 Å². The number of hydrogen-bond donors (Lipinski definition) is 0. The van der Waals surface area contributed by atoms with Crippen molar-refractivity contribution in [3.8, 4) is 22.3 Å². The topological polar surface area (TPSA) is 13.1 Å². The molecule has 0 unspecified atom stereocenters. The molecule has 1 aliphatic carbocycles. The van der Waals surface area contributed by atoms with Crippen molar-refractivity contribution in [1.29, 1.82) is 0 Å². The number of hydrogen-bond acceptors (Lipinski definition) is 2. The molecule has 4 aromatic carbocycles. The predicted molar refractivity (Wildman–Crippen MR) is 150 cm³/mol. The van der Waals surface area contributed by atoms with Gasteiger partial charge in [0, 0.05) is 34.7 Å². The molecule has 0 amide bonds. The number of allylic oxidation sites excluding steroid dienone is 1. The van der Waals surface area contributed by atoms with Crippen molar-refractivity contribution in [1.82, 2.24) is 0 Å². The molecular formula is C30H19IOS. The maximum absolute atomic E-state index is 6.21. The Kier molecular flexibility index (Phi) is 4.49. The molecule has 0 N–H and O–H groups in total. The summed E-state index contributed by atoms with van der Waals surface area (Å²) < 4.78 is 10.2. The number of fused-ring (bicyclic) bond motifs is 6. The summed E-state index contributed by atoms with van der Waals surface area (Å²) in [6, 6.07) is 28.6. The van der Waals surface area contributed by atoms with Gasteiger partial charge in [-0.25, -0.2) is 0 Å². The third-order valence-corrected chi connectivity index (χ3v) is 8.96. The molecule has 0 saturated heterocycles. The molecular weight excluding hydrogens is 535 g/mol. The average Bonchev–Trinajstić information content (AvgIpc) is 3.42. The molecule has 0 fully saturated rings. The number of benzene rings is 4. The van der Waals surface area contributed by atoms with Gasteiger partial charge in [0.25, 0.3) is 0 Å². The lowest BCUT2D eigenvalue weighted by Crippen LogP contribution is -1.93. The molecule has 0 radical (unpaired) electrons. The van der Waals surface area contributed by atoms with Crippen LogP contribution in [0.1, 0.15) is 17.7 Å². The SMILES string of the molecule is Ic1c(-c2cccc3oc4c(c23)CCC=C4)cccc1-c1cccc2sc3ccccc3c12. The van der Waals surface area contributed by atoms with Gasteiger partial charge in [-0.3, -0.25) is 0 Å². The second-order valence-corrected chi connectivity index (χ2v) is 10.7. The van der Waals surface area contributed by atoms with Crippen LogP contribution in [0.2, 0.25) is 0 Å². The summed E-state index contributed by atoms with van der Waals surface area (Å²) in [6.07, 6.45) is 6.44. The molecule has 1 aliphatic rings. The van der Waals surface area contributed by atoms with Crippen LogP contribution < -0.4 is 0 Å². The molecule has 158 valence electrons. The van der Waals surface area contributed by atoms with Gasteiger partial charge in [0.1, 0.15) is 11.3 Å². The van der Waals surface area contributed by atoms with Crippen molar-refractivity contribution in [2.24, 2.45) is 0 Å². The Morgan fingerprint density at radius 2 is 1.39 bits per heavy atom. The van der Waals surface area contributed by atoms with Crippen molar-refractivity contribution < 1.29 is 4.42 Å². The first kappa shape index (κ1) is 19.6. The maximum Gasteiger partial charge on any atom is 0.135 e. The first-order valence-electron chi connectivity index (χ1n) is 11.2. The van der Waals surface area contributed by atoms with E-state index < -0.39 is 0 Å². The third-order valence-electron chi connectivity index (χ3n) is 6.66. The average molecular weight is 554 g/mol. The summed E-state index contributed by atoms with van der Waals surface area (Å²) in [4.78, 5) is 0. The summed E-state index contributed by atoms with van der Waals surface area (Å²) >= 11 is 4.42.